The fourth-order valence-corrected chi connectivity index (χ4v) is 4.94. The number of thioether (sulfide) groups is 1. The monoisotopic (exact) mass is 548 g/mol. The van der Waals surface area contributed by atoms with Crippen molar-refractivity contribution in [1.29, 1.82) is 0 Å². The van der Waals surface area contributed by atoms with Crippen molar-refractivity contribution in [2.45, 2.75) is 24.6 Å². The van der Waals surface area contributed by atoms with Crippen molar-refractivity contribution >= 4 is 52.0 Å². The highest BCUT2D eigenvalue weighted by atomic mass is 127. The first-order valence-electron chi connectivity index (χ1n) is 9.67. The van der Waals surface area contributed by atoms with Crippen molar-refractivity contribution in [2.75, 3.05) is 12.4 Å². The van der Waals surface area contributed by atoms with Crippen LogP contribution in [0.15, 0.2) is 48.5 Å². The van der Waals surface area contributed by atoms with E-state index in [9.17, 15) is 9.59 Å². The largest absolute Gasteiger partial charge is 0.497 e. The van der Waals surface area contributed by atoms with E-state index >= 15 is 0 Å². The summed E-state index contributed by atoms with van der Waals surface area (Å²) < 4.78 is 7.62. The van der Waals surface area contributed by atoms with Crippen LogP contribution in [0.3, 0.4) is 0 Å². The zero-order chi connectivity index (χ0) is 21.8. The van der Waals surface area contributed by atoms with Crippen molar-refractivity contribution in [1.82, 2.24) is 15.1 Å². The van der Waals surface area contributed by atoms with Crippen molar-refractivity contribution in [3.8, 4) is 5.75 Å². The van der Waals surface area contributed by atoms with Gasteiger partial charge in [-0.05, 0) is 52.4 Å². The molecule has 0 spiro atoms. The molecule has 0 unspecified atom stereocenters. The molecule has 0 bridgehead atoms. The topological polar surface area (TPSA) is 85.2 Å². The van der Waals surface area contributed by atoms with E-state index in [0.717, 1.165) is 37.6 Å². The number of fused-ring (bicyclic) bond motifs is 1. The molecule has 1 aliphatic rings. The van der Waals surface area contributed by atoms with Crippen molar-refractivity contribution in [3.63, 3.8) is 0 Å². The minimum absolute atomic E-state index is 0.0370. The molecule has 2 amide bonds. The second-order valence-electron chi connectivity index (χ2n) is 6.98. The van der Waals surface area contributed by atoms with Crippen LogP contribution in [-0.2, 0) is 29.4 Å². The average molecular weight is 548 g/mol. The maximum Gasteiger partial charge on any atom is 0.257 e. The van der Waals surface area contributed by atoms with Crippen molar-refractivity contribution in [2.24, 2.45) is 0 Å². The van der Waals surface area contributed by atoms with Crippen LogP contribution in [0.5, 0.6) is 5.75 Å². The van der Waals surface area contributed by atoms with Gasteiger partial charge in [0, 0.05) is 27.2 Å². The number of hydrogen-bond donors (Lipinski definition) is 2. The Morgan fingerprint density at radius 1 is 1.16 bits per heavy atom. The summed E-state index contributed by atoms with van der Waals surface area (Å²) in [5, 5.41) is 10.5. The Labute approximate surface area is 198 Å². The Balaban J connectivity index is 1.46. The standard InChI is InChI=1S/C22H21IN4O3S/c1-30-15-8-6-14(7-9-15)10-24-20(28)11-27-21(17-12-31-13-19(17)26-27)25-22(29)16-4-2-3-5-18(16)23/h2-9H,10-13H2,1H3,(H,24,28)(H,25,29). The van der Waals surface area contributed by atoms with Crippen LogP contribution in [0.2, 0.25) is 0 Å². The Bertz CT molecular complexity index is 1110. The molecule has 0 saturated heterocycles. The highest BCUT2D eigenvalue weighted by Gasteiger charge is 2.25. The van der Waals surface area contributed by atoms with Crippen LogP contribution >= 0.6 is 34.4 Å². The summed E-state index contributed by atoms with van der Waals surface area (Å²) >= 11 is 3.89. The maximum absolute atomic E-state index is 12.9. The lowest BCUT2D eigenvalue weighted by Gasteiger charge is -2.12. The molecule has 31 heavy (non-hydrogen) atoms. The van der Waals surface area contributed by atoms with Gasteiger partial charge in [0.1, 0.15) is 18.1 Å². The normalized spacial score (nSPS) is 12.3. The van der Waals surface area contributed by atoms with Gasteiger partial charge in [0.2, 0.25) is 5.91 Å². The summed E-state index contributed by atoms with van der Waals surface area (Å²) in [6.07, 6.45) is 0. The first kappa shape index (κ1) is 21.7. The van der Waals surface area contributed by atoms with Gasteiger partial charge in [-0.3, -0.25) is 9.59 Å². The van der Waals surface area contributed by atoms with E-state index in [-0.39, 0.29) is 18.4 Å². The highest BCUT2D eigenvalue weighted by Crippen LogP contribution is 2.35. The fourth-order valence-electron chi connectivity index (χ4n) is 3.28. The molecule has 0 aliphatic carbocycles. The van der Waals surface area contributed by atoms with Gasteiger partial charge in [-0.25, -0.2) is 4.68 Å². The number of rotatable bonds is 7. The molecule has 0 saturated carbocycles. The van der Waals surface area contributed by atoms with E-state index in [1.165, 1.54) is 0 Å². The summed E-state index contributed by atoms with van der Waals surface area (Å²) in [5.41, 5.74) is 3.48. The quantitative estimate of drug-likeness (QED) is 0.439. The van der Waals surface area contributed by atoms with Gasteiger partial charge in [-0.15, -0.1) is 0 Å². The number of carbonyl (C=O) groups is 2. The smallest absolute Gasteiger partial charge is 0.257 e. The molecule has 160 valence electrons. The second kappa shape index (κ2) is 9.73. The number of nitrogens with zero attached hydrogens (tertiary/aromatic N) is 2. The molecule has 2 aromatic carbocycles. The van der Waals surface area contributed by atoms with E-state index < -0.39 is 0 Å². The number of amides is 2. The van der Waals surface area contributed by atoms with Gasteiger partial charge in [0.05, 0.1) is 18.4 Å². The lowest BCUT2D eigenvalue weighted by atomic mass is 10.2. The summed E-state index contributed by atoms with van der Waals surface area (Å²) in [6, 6.07) is 14.9. The number of methoxy groups -OCH3 is 1. The maximum atomic E-state index is 12.9. The number of benzene rings is 2. The Hall–Kier alpha value is -2.53. The first-order valence-corrected chi connectivity index (χ1v) is 11.9. The van der Waals surface area contributed by atoms with E-state index in [2.05, 4.69) is 38.3 Å². The van der Waals surface area contributed by atoms with Gasteiger partial charge < -0.3 is 15.4 Å². The minimum atomic E-state index is -0.204. The molecule has 9 heteroatoms. The van der Waals surface area contributed by atoms with Crippen LogP contribution in [0.1, 0.15) is 27.2 Å². The number of halogens is 1. The molecule has 3 aromatic rings. The van der Waals surface area contributed by atoms with Gasteiger partial charge in [-0.1, -0.05) is 24.3 Å². The predicted molar refractivity (Wildman–Crippen MR) is 129 cm³/mol. The molecule has 0 atom stereocenters. The third-order valence-corrected chi connectivity index (χ3v) is 6.82. The molecular formula is C22H21IN4O3S. The Morgan fingerprint density at radius 2 is 1.94 bits per heavy atom. The number of ether oxygens (including phenoxy) is 1. The summed E-state index contributed by atoms with van der Waals surface area (Å²) in [5.74, 6) is 2.54. The van der Waals surface area contributed by atoms with Crippen LogP contribution in [0, 0.1) is 3.57 Å². The van der Waals surface area contributed by atoms with Crippen LogP contribution in [-0.4, -0.2) is 28.7 Å². The van der Waals surface area contributed by atoms with Crippen LogP contribution < -0.4 is 15.4 Å². The van der Waals surface area contributed by atoms with Crippen LogP contribution in [0.4, 0.5) is 5.82 Å². The van der Waals surface area contributed by atoms with Gasteiger partial charge in [0.25, 0.3) is 5.91 Å². The SMILES string of the molecule is COc1ccc(CNC(=O)Cn2nc3c(c2NC(=O)c2ccccc2I)CSC3)cc1. The molecule has 2 N–H and O–H groups in total. The molecular weight excluding hydrogens is 527 g/mol. The molecule has 1 aromatic heterocycles. The van der Waals surface area contributed by atoms with E-state index in [1.807, 2.05) is 42.5 Å². The molecule has 4 rings (SSSR count). The molecule has 7 nitrogen and oxygen atoms in total. The summed E-state index contributed by atoms with van der Waals surface area (Å²) in [7, 11) is 1.62. The van der Waals surface area contributed by atoms with Gasteiger partial charge in [-0.2, -0.15) is 16.9 Å². The third-order valence-electron chi connectivity index (χ3n) is 4.91. The van der Waals surface area contributed by atoms with Crippen molar-refractivity contribution < 1.29 is 14.3 Å². The fraction of sp³-hybridized carbons (Fsp3) is 0.227. The number of hydrogen-bond acceptors (Lipinski definition) is 5. The summed E-state index contributed by atoms with van der Waals surface area (Å²) in [4.78, 5) is 25.4. The third kappa shape index (κ3) is 5.04. The zero-order valence-corrected chi connectivity index (χ0v) is 19.8. The van der Waals surface area contributed by atoms with E-state index in [4.69, 9.17) is 4.74 Å². The van der Waals surface area contributed by atoms with Gasteiger partial charge in [0.15, 0.2) is 0 Å². The van der Waals surface area contributed by atoms with Crippen LogP contribution in [0.25, 0.3) is 0 Å². The lowest BCUT2D eigenvalue weighted by Crippen LogP contribution is -2.29. The number of carbonyl (C=O) groups excluding carboxylic acids is 2. The predicted octanol–water partition coefficient (Wildman–Crippen LogP) is 3.81. The number of aromatic nitrogens is 2. The van der Waals surface area contributed by atoms with Crippen molar-refractivity contribution in [3.05, 3.63) is 74.5 Å². The number of nitrogens with one attached hydrogen (secondary N) is 2. The van der Waals surface area contributed by atoms with E-state index in [0.29, 0.717) is 17.9 Å². The Kier molecular flexibility index (Phi) is 6.81. The number of anilines is 1. The lowest BCUT2D eigenvalue weighted by molar-refractivity contribution is -0.122. The van der Waals surface area contributed by atoms with Gasteiger partial charge >= 0.3 is 0 Å². The molecule has 1 aliphatic heterocycles. The zero-order valence-electron chi connectivity index (χ0n) is 16.9. The highest BCUT2D eigenvalue weighted by molar-refractivity contribution is 14.1. The Morgan fingerprint density at radius 3 is 2.68 bits per heavy atom. The molecule has 2 heterocycles. The second-order valence-corrected chi connectivity index (χ2v) is 9.13. The first-order chi connectivity index (χ1) is 15.0. The summed E-state index contributed by atoms with van der Waals surface area (Å²) in [6.45, 7) is 0.443. The van der Waals surface area contributed by atoms with E-state index in [1.54, 1.807) is 29.6 Å². The average Bonchev–Trinajstić information content (AvgIpc) is 3.35. The molecule has 0 fully saturated rings. The minimum Gasteiger partial charge on any atom is -0.497 e. The molecule has 0 radical (unpaired) electrons.